The van der Waals surface area contributed by atoms with E-state index in [4.69, 9.17) is 23.5 Å². The monoisotopic (exact) mass is 199 g/mol. The molecule has 0 saturated heterocycles. The Bertz CT molecular complexity index is 140. The third-order valence-corrected chi connectivity index (χ3v) is 0.900. The number of halogens is 1. The predicted octanol–water partition coefficient (Wildman–Crippen LogP) is -3.36. The molecule has 0 saturated carbocycles. The van der Waals surface area contributed by atoms with E-state index in [0.717, 1.165) is 0 Å². The van der Waals surface area contributed by atoms with Gasteiger partial charge < -0.3 is 0 Å². The van der Waals surface area contributed by atoms with Crippen LogP contribution in [0.5, 0.6) is 0 Å². The average Bonchev–Trinajstić information content (AvgIpc) is 2.09. The Morgan fingerprint density at radius 1 is 1.50 bits per heavy atom. The molecule has 0 fully saturated rings. The second-order valence-electron chi connectivity index (χ2n) is 2.09. The Labute approximate surface area is 72.0 Å². The van der Waals surface area contributed by atoms with E-state index >= 15 is 0 Å². The number of hydrogen-bond acceptors (Lipinski definition) is 6. The molecule has 1 aliphatic heterocycles. The van der Waals surface area contributed by atoms with Crippen molar-refractivity contribution in [2.75, 3.05) is 7.05 Å². The molecule has 1 N–H and O–H groups in total. The molecule has 7 heteroatoms. The molecule has 0 aromatic heterocycles. The fourth-order valence-electron chi connectivity index (χ4n) is 0.575. The zero-order valence-corrected chi connectivity index (χ0v) is 7.39. The largest absolute Gasteiger partial charge is 0.267 e. The maximum absolute atomic E-state index is 8.60. The summed E-state index contributed by atoms with van der Waals surface area (Å²) >= 11 is 0. The van der Waals surface area contributed by atoms with Crippen molar-refractivity contribution in [1.29, 1.82) is 0 Å². The van der Waals surface area contributed by atoms with Gasteiger partial charge in [-0.05, 0) is 13.0 Å². The summed E-state index contributed by atoms with van der Waals surface area (Å²) in [5.41, 5.74) is 0. The molecule has 1 heterocycles. The molecular weight excluding hydrogens is 190 g/mol. The molecule has 1 aliphatic rings. The summed E-state index contributed by atoms with van der Waals surface area (Å²) in [4.78, 5) is 5.08. The zero-order valence-electron chi connectivity index (χ0n) is 6.64. The zero-order chi connectivity index (χ0) is 9.78. The quantitative estimate of drug-likeness (QED) is 0.437. The van der Waals surface area contributed by atoms with E-state index in [1.165, 1.54) is 0 Å². The van der Waals surface area contributed by atoms with E-state index in [-0.39, 0.29) is 6.10 Å². The van der Waals surface area contributed by atoms with Gasteiger partial charge in [-0.2, -0.15) is 14.0 Å². The van der Waals surface area contributed by atoms with Gasteiger partial charge >= 0.3 is 0 Å². The van der Waals surface area contributed by atoms with Crippen LogP contribution in [0.2, 0.25) is 0 Å². The van der Waals surface area contributed by atoms with E-state index in [1.807, 2.05) is 26.2 Å². The molecule has 0 aromatic rings. The number of nitrogens with zero attached hydrogens (tertiary/aromatic N) is 1. The van der Waals surface area contributed by atoms with E-state index in [1.54, 1.807) is 5.06 Å². The molecule has 72 valence electrons. The van der Waals surface area contributed by atoms with Crippen molar-refractivity contribution in [3.63, 3.8) is 0 Å². The Hall–Kier alpha value is -0.370. The highest BCUT2D eigenvalue weighted by Crippen LogP contribution is 2.04. The smallest absolute Gasteiger partial charge is 0.103 e. The van der Waals surface area contributed by atoms with E-state index in [2.05, 4.69) is 0 Å². The summed E-state index contributed by atoms with van der Waals surface area (Å²) in [7, 11) is -2.82. The molecular formula is C5H10ClNO5. The molecule has 0 bridgehead atoms. The Morgan fingerprint density at radius 3 is 2.00 bits per heavy atom. The highest BCUT2D eigenvalue weighted by Gasteiger charge is 2.05. The molecule has 0 spiro atoms. The van der Waals surface area contributed by atoms with Crippen LogP contribution in [0.4, 0.5) is 0 Å². The molecule has 1 atom stereocenters. The lowest BCUT2D eigenvalue weighted by molar-refractivity contribution is -1.92. The normalized spacial score (nSPS) is 22.2. The number of hydroxylamine groups is 2. The summed E-state index contributed by atoms with van der Waals surface area (Å²) in [6, 6.07) is 0. The van der Waals surface area contributed by atoms with Crippen molar-refractivity contribution in [3.8, 4) is 0 Å². The van der Waals surface area contributed by atoms with Crippen LogP contribution in [0, 0.1) is 10.2 Å². The molecule has 0 amide bonds. The van der Waals surface area contributed by atoms with Crippen LogP contribution in [-0.2, 0) is 4.84 Å². The van der Waals surface area contributed by atoms with Crippen molar-refractivity contribution in [2.45, 2.75) is 13.0 Å². The second kappa shape index (κ2) is 4.61. The van der Waals surface area contributed by atoms with Gasteiger partial charge in [0.05, 0.1) is 14.9 Å². The molecule has 0 radical (unpaired) electrons. The summed E-state index contributed by atoms with van der Waals surface area (Å²) in [5.74, 6) is 0. The molecule has 1 unspecified atom stereocenters. The number of hydrogen-bond donors (Lipinski definition) is 1. The topological polar surface area (TPSA) is 102 Å². The minimum absolute atomic E-state index is 0.269. The SMILES string of the molecule is CC1C=CN(C)O1.[O-][Cl+3]([O-])([O-])O. The summed E-state index contributed by atoms with van der Waals surface area (Å²) in [5, 5.41) is 1.70. The van der Waals surface area contributed by atoms with Crippen molar-refractivity contribution >= 4 is 0 Å². The summed E-state index contributed by atoms with van der Waals surface area (Å²) < 4.78 is 32.7. The highest BCUT2D eigenvalue weighted by molar-refractivity contribution is 4.88. The van der Waals surface area contributed by atoms with Crippen LogP contribution < -0.4 is 14.0 Å². The predicted molar refractivity (Wildman–Crippen MR) is 29.7 cm³/mol. The molecule has 12 heavy (non-hydrogen) atoms. The van der Waals surface area contributed by atoms with Crippen molar-refractivity contribution < 1.29 is 33.7 Å². The van der Waals surface area contributed by atoms with E-state index in [0.29, 0.717) is 0 Å². The van der Waals surface area contributed by atoms with E-state index in [9.17, 15) is 0 Å². The minimum atomic E-state index is -4.69. The van der Waals surface area contributed by atoms with Gasteiger partial charge in [-0.1, -0.05) is 0 Å². The molecule has 0 aromatic carbocycles. The minimum Gasteiger partial charge on any atom is -0.267 e. The Morgan fingerprint density at radius 2 is 1.92 bits per heavy atom. The van der Waals surface area contributed by atoms with Crippen molar-refractivity contribution in [3.05, 3.63) is 12.3 Å². The Kier molecular flexibility index (Phi) is 4.46. The van der Waals surface area contributed by atoms with Crippen LogP contribution in [0.1, 0.15) is 6.92 Å². The first-order valence-corrected chi connectivity index (χ1v) is 4.26. The number of rotatable bonds is 0. The van der Waals surface area contributed by atoms with Gasteiger partial charge in [-0.3, -0.25) is 9.90 Å². The van der Waals surface area contributed by atoms with Gasteiger partial charge in [-0.25, -0.2) is 0 Å². The van der Waals surface area contributed by atoms with Gasteiger partial charge in [0.1, 0.15) is 6.10 Å². The highest BCUT2D eigenvalue weighted by atomic mass is 35.7. The van der Waals surface area contributed by atoms with Gasteiger partial charge in [0.15, 0.2) is 0 Å². The van der Waals surface area contributed by atoms with Crippen LogP contribution in [0.3, 0.4) is 0 Å². The van der Waals surface area contributed by atoms with Gasteiger partial charge in [0, 0.05) is 13.2 Å². The fraction of sp³-hybridized carbons (Fsp3) is 0.600. The maximum atomic E-state index is 8.60. The van der Waals surface area contributed by atoms with Crippen molar-refractivity contribution in [2.24, 2.45) is 0 Å². The lowest BCUT2D eigenvalue weighted by atomic mass is 10.4. The summed E-state index contributed by atoms with van der Waals surface area (Å²) in [6.07, 6.45) is 4.18. The third-order valence-electron chi connectivity index (χ3n) is 0.900. The van der Waals surface area contributed by atoms with Gasteiger partial charge in [-0.15, -0.1) is 0 Å². The molecule has 6 nitrogen and oxygen atoms in total. The molecule has 1 rings (SSSR count). The van der Waals surface area contributed by atoms with E-state index < -0.39 is 10.2 Å². The first-order chi connectivity index (χ1) is 5.29. The van der Waals surface area contributed by atoms with Crippen LogP contribution >= 0.6 is 0 Å². The maximum Gasteiger partial charge on any atom is 0.103 e. The van der Waals surface area contributed by atoms with Gasteiger partial charge in [0.25, 0.3) is 0 Å². The van der Waals surface area contributed by atoms with Crippen molar-refractivity contribution in [1.82, 2.24) is 5.06 Å². The van der Waals surface area contributed by atoms with Crippen LogP contribution in [0.25, 0.3) is 0 Å². The lowest BCUT2D eigenvalue weighted by Gasteiger charge is -2.07. The Balaban J connectivity index is 0.000000217. The third kappa shape index (κ3) is 9.63. The van der Waals surface area contributed by atoms with Gasteiger partial charge in [0.2, 0.25) is 0 Å². The fourth-order valence-corrected chi connectivity index (χ4v) is 0.575. The first-order valence-electron chi connectivity index (χ1n) is 3.00. The standard InChI is InChI=1S/C5H9NO.ClHO4/c1-5-3-4-6(2)7-5;2-1(3,4)5/h3-5H,1-2H3;(H,2,3,4,5). The summed E-state index contributed by atoms with van der Waals surface area (Å²) in [6.45, 7) is 2.00. The first kappa shape index (κ1) is 11.6. The van der Waals surface area contributed by atoms with Crippen LogP contribution in [-0.4, -0.2) is 22.9 Å². The molecule has 0 aliphatic carbocycles. The second-order valence-corrected chi connectivity index (χ2v) is 2.89. The average molecular weight is 200 g/mol. The van der Waals surface area contributed by atoms with Crippen LogP contribution in [0.15, 0.2) is 12.3 Å². The lowest BCUT2D eigenvalue weighted by Crippen LogP contribution is -2.58.